The standard InChI is InChI=1S/C34H31Cl3F2N8/c1-34(2,3)46-10-8-24(9-11-46)47-18-29(44-45-47)32(19-4-6-21(35)7-5-19)43-22-12-25-31(20(16-40)17-41-33(25)27(37)14-22)42-23-13-26(36)30(39)28(38)15-23/h4-7,12-15,17-18,24,32,43H,8-11H2,1-3H3,(H,41,42)/t32-/m0/s1. The number of likely N-dealkylation sites (tertiary alicyclic amines) is 1. The van der Waals surface area contributed by atoms with Crippen molar-refractivity contribution >= 4 is 62.8 Å². The van der Waals surface area contributed by atoms with Crippen LogP contribution in [0.1, 0.15) is 62.5 Å². The predicted octanol–water partition coefficient (Wildman–Crippen LogP) is 9.32. The third-order valence-electron chi connectivity index (χ3n) is 8.42. The Kier molecular flexibility index (Phi) is 9.27. The summed E-state index contributed by atoms with van der Waals surface area (Å²) in [6.45, 7) is 8.65. The van der Waals surface area contributed by atoms with Crippen molar-refractivity contribution in [1.82, 2.24) is 24.9 Å². The van der Waals surface area contributed by atoms with Gasteiger partial charge in [-0.05, 0) is 69.5 Å². The number of hydrogen-bond acceptors (Lipinski definition) is 7. The van der Waals surface area contributed by atoms with Gasteiger partial charge in [0.1, 0.15) is 11.8 Å². The molecule has 1 atom stereocenters. The highest BCUT2D eigenvalue weighted by atomic mass is 35.5. The van der Waals surface area contributed by atoms with Gasteiger partial charge < -0.3 is 10.6 Å². The molecule has 3 aromatic carbocycles. The highest BCUT2D eigenvalue weighted by molar-refractivity contribution is 6.36. The Balaban J connectivity index is 1.37. The summed E-state index contributed by atoms with van der Waals surface area (Å²) in [4.78, 5) is 6.88. The van der Waals surface area contributed by atoms with E-state index in [1.807, 2.05) is 35.1 Å². The highest BCUT2D eigenvalue weighted by Gasteiger charge is 2.29. The number of anilines is 3. The van der Waals surface area contributed by atoms with Crippen LogP contribution < -0.4 is 10.6 Å². The Bertz CT molecular complexity index is 1950. The second-order valence-corrected chi connectivity index (χ2v) is 13.8. The van der Waals surface area contributed by atoms with E-state index in [2.05, 4.69) is 57.7 Å². The van der Waals surface area contributed by atoms with Gasteiger partial charge in [-0.2, -0.15) is 5.26 Å². The zero-order valence-corrected chi connectivity index (χ0v) is 28.1. The smallest absolute Gasteiger partial charge is 0.177 e. The van der Waals surface area contributed by atoms with E-state index in [4.69, 9.17) is 34.8 Å². The number of nitrogens with zero attached hydrogens (tertiary/aromatic N) is 6. The number of nitriles is 1. The van der Waals surface area contributed by atoms with E-state index in [0.29, 0.717) is 38.0 Å². The monoisotopic (exact) mass is 694 g/mol. The minimum Gasteiger partial charge on any atom is -0.373 e. The van der Waals surface area contributed by atoms with Gasteiger partial charge in [0.25, 0.3) is 0 Å². The van der Waals surface area contributed by atoms with Crippen LogP contribution in [0.25, 0.3) is 10.9 Å². The average molecular weight is 696 g/mol. The van der Waals surface area contributed by atoms with Gasteiger partial charge in [-0.15, -0.1) is 5.10 Å². The van der Waals surface area contributed by atoms with Crippen LogP contribution in [0.3, 0.4) is 0 Å². The molecule has 3 heterocycles. The molecular formula is C34H31Cl3F2N8. The number of nitrogens with one attached hydrogen (secondary N) is 2. The predicted molar refractivity (Wildman–Crippen MR) is 183 cm³/mol. The lowest BCUT2D eigenvalue weighted by atomic mass is 9.98. The Morgan fingerprint density at radius 2 is 1.68 bits per heavy atom. The normalized spacial score (nSPS) is 15.0. The molecule has 0 radical (unpaired) electrons. The third-order valence-corrected chi connectivity index (χ3v) is 9.24. The van der Waals surface area contributed by atoms with Crippen LogP contribution in [0.5, 0.6) is 0 Å². The van der Waals surface area contributed by atoms with E-state index in [-0.39, 0.29) is 22.8 Å². The molecule has 0 aliphatic carbocycles. The molecule has 0 amide bonds. The van der Waals surface area contributed by atoms with Crippen molar-refractivity contribution in [1.29, 1.82) is 5.26 Å². The molecule has 8 nitrogen and oxygen atoms in total. The maximum Gasteiger partial charge on any atom is 0.177 e. The third kappa shape index (κ3) is 6.99. The summed E-state index contributed by atoms with van der Waals surface area (Å²) in [5, 5.41) is 26.6. The minimum atomic E-state index is -1.16. The van der Waals surface area contributed by atoms with Gasteiger partial charge in [-0.1, -0.05) is 52.1 Å². The second-order valence-electron chi connectivity index (χ2n) is 12.5. The molecule has 0 saturated carbocycles. The number of rotatable bonds is 7. The second kappa shape index (κ2) is 13.2. The molecule has 5 aromatic rings. The zero-order chi connectivity index (χ0) is 33.5. The fraction of sp³-hybridized carbons (Fsp3) is 0.294. The first-order chi connectivity index (χ1) is 22.4. The molecule has 6 rings (SSSR count). The molecule has 0 spiro atoms. The molecule has 1 fully saturated rings. The fourth-order valence-electron chi connectivity index (χ4n) is 5.89. The Morgan fingerprint density at radius 1 is 0.979 bits per heavy atom. The van der Waals surface area contributed by atoms with Crippen LogP contribution in [-0.2, 0) is 0 Å². The van der Waals surface area contributed by atoms with Gasteiger partial charge >= 0.3 is 0 Å². The molecule has 0 bridgehead atoms. The van der Waals surface area contributed by atoms with Crippen molar-refractivity contribution in [3.05, 3.63) is 104 Å². The van der Waals surface area contributed by atoms with Crippen LogP contribution in [0.2, 0.25) is 15.1 Å². The van der Waals surface area contributed by atoms with E-state index in [9.17, 15) is 14.0 Å². The molecule has 2 aromatic heterocycles. The lowest BCUT2D eigenvalue weighted by Gasteiger charge is -2.40. The van der Waals surface area contributed by atoms with Crippen molar-refractivity contribution in [3.8, 4) is 6.07 Å². The van der Waals surface area contributed by atoms with Gasteiger partial charge in [0.05, 0.1) is 45.1 Å². The van der Waals surface area contributed by atoms with Crippen molar-refractivity contribution in [2.24, 2.45) is 0 Å². The molecule has 13 heteroatoms. The Labute approximate surface area is 286 Å². The number of benzene rings is 3. The largest absolute Gasteiger partial charge is 0.373 e. The van der Waals surface area contributed by atoms with Crippen molar-refractivity contribution < 1.29 is 8.78 Å². The van der Waals surface area contributed by atoms with E-state index < -0.39 is 22.7 Å². The van der Waals surface area contributed by atoms with E-state index in [0.717, 1.165) is 37.6 Å². The Morgan fingerprint density at radius 3 is 2.34 bits per heavy atom. The number of aromatic nitrogens is 4. The molecule has 1 saturated heterocycles. The van der Waals surface area contributed by atoms with Gasteiger partial charge in [-0.3, -0.25) is 9.88 Å². The molecule has 242 valence electrons. The summed E-state index contributed by atoms with van der Waals surface area (Å²) < 4.78 is 30.1. The van der Waals surface area contributed by atoms with Crippen LogP contribution in [0.4, 0.5) is 25.8 Å². The van der Waals surface area contributed by atoms with Gasteiger partial charge in [0, 0.05) is 52.7 Å². The molecule has 2 N–H and O–H groups in total. The summed E-state index contributed by atoms with van der Waals surface area (Å²) in [5.74, 6) is -2.29. The molecule has 1 aliphatic heterocycles. The summed E-state index contributed by atoms with van der Waals surface area (Å²) in [5.41, 5.74) is 3.32. The number of fused-ring (bicyclic) bond motifs is 1. The Hall–Kier alpha value is -4.01. The van der Waals surface area contributed by atoms with Gasteiger partial charge in [0.2, 0.25) is 0 Å². The number of hydrogen-bond donors (Lipinski definition) is 2. The highest BCUT2D eigenvalue weighted by Crippen LogP contribution is 2.38. The zero-order valence-electron chi connectivity index (χ0n) is 25.8. The minimum absolute atomic E-state index is 0.115. The topological polar surface area (TPSA) is 94.7 Å². The van der Waals surface area contributed by atoms with E-state index in [1.165, 1.54) is 12.3 Å². The van der Waals surface area contributed by atoms with Crippen LogP contribution in [0.15, 0.2) is 60.9 Å². The summed E-state index contributed by atoms with van der Waals surface area (Å²) in [6, 6.07) is 15.1. The first-order valence-electron chi connectivity index (χ1n) is 15.0. The fourth-order valence-corrected chi connectivity index (χ4v) is 6.49. The van der Waals surface area contributed by atoms with Crippen LogP contribution >= 0.6 is 34.8 Å². The first kappa shape index (κ1) is 32.9. The maximum atomic E-state index is 14.2. The number of halogens is 5. The SMILES string of the molecule is CC(C)(C)N1CCC(n2cc([C@@H](Nc3cc(Cl)c4ncc(C#N)c(Nc5cc(F)c(F)c(Cl)c5)c4c3)c3ccc(Cl)cc3)nn2)CC1. The number of pyridine rings is 1. The molecule has 1 aliphatic rings. The lowest BCUT2D eigenvalue weighted by molar-refractivity contribution is 0.0866. The first-order valence-corrected chi connectivity index (χ1v) is 16.2. The molecule has 47 heavy (non-hydrogen) atoms. The van der Waals surface area contributed by atoms with Crippen molar-refractivity contribution in [3.63, 3.8) is 0 Å². The summed E-state index contributed by atoms with van der Waals surface area (Å²) in [7, 11) is 0. The van der Waals surface area contributed by atoms with Gasteiger partial charge in [0.15, 0.2) is 11.6 Å². The van der Waals surface area contributed by atoms with Crippen LogP contribution in [0, 0.1) is 23.0 Å². The maximum absolute atomic E-state index is 14.2. The quantitative estimate of drug-likeness (QED) is 0.164. The summed E-state index contributed by atoms with van der Waals surface area (Å²) >= 11 is 18.9. The summed E-state index contributed by atoms with van der Waals surface area (Å²) in [6.07, 6.45) is 5.27. The molecule has 0 unspecified atom stereocenters. The van der Waals surface area contributed by atoms with Gasteiger partial charge in [-0.25, -0.2) is 13.5 Å². The average Bonchev–Trinajstić information content (AvgIpc) is 3.53. The van der Waals surface area contributed by atoms with Crippen molar-refractivity contribution in [2.75, 3.05) is 23.7 Å². The lowest BCUT2D eigenvalue weighted by Crippen LogP contribution is -2.46. The van der Waals surface area contributed by atoms with E-state index in [1.54, 1.807) is 12.1 Å². The van der Waals surface area contributed by atoms with E-state index >= 15 is 0 Å². The van der Waals surface area contributed by atoms with Crippen LogP contribution in [-0.4, -0.2) is 43.5 Å². The van der Waals surface area contributed by atoms with Crippen molar-refractivity contribution in [2.45, 2.75) is 51.2 Å². The molecular weight excluding hydrogens is 665 g/mol. The number of piperidine rings is 1.